The molecule has 1 amide bonds. The first-order chi connectivity index (χ1) is 15.2. The molecule has 0 radical (unpaired) electrons. The third-order valence-corrected chi connectivity index (χ3v) is 5.70. The number of carbonyl (C=O) groups excluding carboxylic acids is 2. The molecule has 1 heterocycles. The molecule has 1 aliphatic heterocycles. The van der Waals surface area contributed by atoms with Crippen LogP contribution in [0.15, 0.2) is 71.1 Å². The monoisotopic (exact) mass is 444 g/mol. The summed E-state index contributed by atoms with van der Waals surface area (Å²) in [5.41, 5.74) is 0.838. The van der Waals surface area contributed by atoms with Crippen LogP contribution in [0.4, 0.5) is 23.2 Å². The highest BCUT2D eigenvalue weighted by Gasteiger charge is 2.39. The molecule has 2 aromatic carbocycles. The average Bonchev–Trinajstić information content (AvgIpc) is 2.73. The van der Waals surface area contributed by atoms with Crippen molar-refractivity contribution in [2.45, 2.75) is 38.3 Å². The Kier molecular flexibility index (Phi) is 5.62. The molecule has 166 valence electrons. The van der Waals surface area contributed by atoms with E-state index < -0.39 is 29.4 Å². The number of hydrogen-bond donors (Lipinski definition) is 2. The first kappa shape index (κ1) is 21.8. The van der Waals surface area contributed by atoms with Gasteiger partial charge in [-0.2, -0.15) is 13.2 Å². The SMILES string of the molecule is CC1=C(C(=O)Nc2ccccc2C(F)(F)F)[C@@H](c2ccc(F)cc2)C2=C(CCCC2=O)N1. The van der Waals surface area contributed by atoms with Gasteiger partial charge in [-0.15, -0.1) is 0 Å². The van der Waals surface area contributed by atoms with E-state index in [0.717, 1.165) is 6.07 Å². The van der Waals surface area contributed by atoms with Gasteiger partial charge in [0, 0.05) is 34.9 Å². The molecule has 2 aliphatic rings. The molecule has 0 bridgehead atoms. The number of allylic oxidation sites excluding steroid dienone is 3. The Morgan fingerprint density at radius 2 is 1.75 bits per heavy atom. The molecule has 0 saturated heterocycles. The van der Waals surface area contributed by atoms with Gasteiger partial charge in [-0.1, -0.05) is 24.3 Å². The fraction of sp³-hybridized carbons (Fsp3) is 0.250. The standard InChI is InChI=1S/C24H20F4N2O2/c1-13-20(23(32)30-17-6-3-2-5-16(17)24(26,27)28)21(14-9-11-15(25)12-10-14)22-18(29-13)7-4-8-19(22)31/h2-3,5-6,9-12,21,29H,4,7-8H2,1H3,(H,30,32)/t21-/m1/s1. The lowest BCUT2D eigenvalue weighted by molar-refractivity contribution is -0.137. The number of ketones is 1. The largest absolute Gasteiger partial charge is 0.418 e. The molecule has 2 N–H and O–H groups in total. The van der Waals surface area contributed by atoms with Gasteiger partial charge in [0.1, 0.15) is 5.82 Å². The predicted octanol–water partition coefficient (Wildman–Crippen LogP) is 5.45. The van der Waals surface area contributed by atoms with E-state index in [1.165, 1.54) is 42.5 Å². The van der Waals surface area contributed by atoms with Crippen molar-refractivity contribution in [3.05, 3.63) is 88.0 Å². The Hall–Kier alpha value is -3.42. The van der Waals surface area contributed by atoms with Crippen LogP contribution in [0.1, 0.15) is 43.2 Å². The van der Waals surface area contributed by atoms with Crippen LogP contribution in [0.5, 0.6) is 0 Å². The molecule has 0 fully saturated rings. The van der Waals surface area contributed by atoms with Crippen LogP contribution in [-0.2, 0) is 15.8 Å². The second-order valence-electron chi connectivity index (χ2n) is 7.81. The maximum Gasteiger partial charge on any atom is 0.418 e. The molecule has 0 spiro atoms. The highest BCUT2D eigenvalue weighted by Crippen LogP contribution is 2.43. The number of dihydropyridines is 1. The molecule has 0 unspecified atom stereocenters. The van der Waals surface area contributed by atoms with Crippen molar-refractivity contribution >= 4 is 17.4 Å². The van der Waals surface area contributed by atoms with Gasteiger partial charge in [-0.3, -0.25) is 9.59 Å². The third kappa shape index (κ3) is 4.04. The van der Waals surface area contributed by atoms with Crippen LogP contribution in [0.25, 0.3) is 0 Å². The molecule has 0 aromatic heterocycles. The maximum absolute atomic E-state index is 13.6. The molecule has 0 saturated carbocycles. The van der Waals surface area contributed by atoms with Crippen molar-refractivity contribution in [2.24, 2.45) is 0 Å². The van der Waals surface area contributed by atoms with Crippen LogP contribution in [-0.4, -0.2) is 11.7 Å². The Bertz CT molecular complexity index is 1150. The van der Waals surface area contributed by atoms with E-state index in [2.05, 4.69) is 10.6 Å². The van der Waals surface area contributed by atoms with Crippen LogP contribution in [0.2, 0.25) is 0 Å². The Balaban J connectivity index is 1.79. The number of alkyl halides is 3. The zero-order chi connectivity index (χ0) is 23.0. The van der Waals surface area contributed by atoms with Gasteiger partial charge in [0.15, 0.2) is 5.78 Å². The minimum Gasteiger partial charge on any atom is -0.362 e. The number of Topliss-reactive ketones (excluding diaryl/α,β-unsaturated/α-hetero) is 1. The molecular weight excluding hydrogens is 424 g/mol. The fourth-order valence-corrected chi connectivity index (χ4v) is 4.30. The highest BCUT2D eigenvalue weighted by atomic mass is 19.4. The van der Waals surface area contributed by atoms with E-state index >= 15 is 0 Å². The van der Waals surface area contributed by atoms with E-state index in [0.29, 0.717) is 41.8 Å². The summed E-state index contributed by atoms with van der Waals surface area (Å²) in [5, 5.41) is 5.48. The number of amides is 1. The summed E-state index contributed by atoms with van der Waals surface area (Å²) in [5.74, 6) is -2.18. The van der Waals surface area contributed by atoms with E-state index in [-0.39, 0.29) is 17.0 Å². The molecule has 4 rings (SSSR count). The lowest BCUT2D eigenvalue weighted by Gasteiger charge is -2.34. The average molecular weight is 444 g/mol. The van der Waals surface area contributed by atoms with Crippen LogP contribution < -0.4 is 10.6 Å². The zero-order valence-corrected chi connectivity index (χ0v) is 17.1. The summed E-state index contributed by atoms with van der Waals surface area (Å²) in [4.78, 5) is 26.1. The molecule has 1 aliphatic carbocycles. The maximum atomic E-state index is 13.6. The molecular formula is C24H20F4N2O2. The van der Waals surface area contributed by atoms with Crippen molar-refractivity contribution in [2.75, 3.05) is 5.32 Å². The van der Waals surface area contributed by atoms with Gasteiger partial charge in [0.05, 0.1) is 11.3 Å². The molecule has 4 nitrogen and oxygen atoms in total. The summed E-state index contributed by atoms with van der Waals surface area (Å²) in [6.07, 6.45) is -3.07. The lowest BCUT2D eigenvalue weighted by atomic mass is 9.75. The number of hydrogen-bond acceptors (Lipinski definition) is 3. The molecule has 32 heavy (non-hydrogen) atoms. The summed E-state index contributed by atoms with van der Waals surface area (Å²) in [6.45, 7) is 1.64. The van der Waals surface area contributed by atoms with Gasteiger partial charge < -0.3 is 10.6 Å². The second-order valence-corrected chi connectivity index (χ2v) is 7.81. The molecule has 1 atom stereocenters. The number of halogens is 4. The van der Waals surface area contributed by atoms with Gasteiger partial charge in [-0.25, -0.2) is 4.39 Å². The van der Waals surface area contributed by atoms with E-state index in [9.17, 15) is 27.2 Å². The number of para-hydroxylation sites is 1. The van der Waals surface area contributed by atoms with Crippen molar-refractivity contribution < 1.29 is 27.2 Å². The number of benzene rings is 2. The lowest BCUT2D eigenvalue weighted by Crippen LogP contribution is -2.35. The summed E-state index contributed by atoms with van der Waals surface area (Å²) in [7, 11) is 0. The van der Waals surface area contributed by atoms with Crippen LogP contribution in [0.3, 0.4) is 0 Å². The minimum absolute atomic E-state index is 0.127. The van der Waals surface area contributed by atoms with Gasteiger partial charge in [-0.05, 0) is 49.6 Å². The zero-order valence-electron chi connectivity index (χ0n) is 17.1. The Morgan fingerprint density at radius 1 is 1.06 bits per heavy atom. The van der Waals surface area contributed by atoms with Crippen molar-refractivity contribution in [1.29, 1.82) is 0 Å². The van der Waals surface area contributed by atoms with E-state index in [1.54, 1.807) is 6.92 Å². The normalized spacial score (nSPS) is 18.9. The van der Waals surface area contributed by atoms with Gasteiger partial charge in [0.2, 0.25) is 0 Å². The topological polar surface area (TPSA) is 58.2 Å². The summed E-state index contributed by atoms with van der Waals surface area (Å²) >= 11 is 0. The van der Waals surface area contributed by atoms with Crippen molar-refractivity contribution in [3.63, 3.8) is 0 Å². The fourth-order valence-electron chi connectivity index (χ4n) is 4.30. The first-order valence-corrected chi connectivity index (χ1v) is 10.1. The molecule has 8 heteroatoms. The van der Waals surface area contributed by atoms with E-state index in [1.807, 2.05) is 0 Å². The third-order valence-electron chi connectivity index (χ3n) is 5.70. The summed E-state index contributed by atoms with van der Waals surface area (Å²) in [6, 6.07) is 10.1. The van der Waals surface area contributed by atoms with Crippen molar-refractivity contribution in [3.8, 4) is 0 Å². The van der Waals surface area contributed by atoms with Crippen LogP contribution >= 0.6 is 0 Å². The quantitative estimate of drug-likeness (QED) is 0.619. The van der Waals surface area contributed by atoms with E-state index in [4.69, 9.17) is 0 Å². The number of rotatable bonds is 3. The predicted molar refractivity (Wildman–Crippen MR) is 111 cm³/mol. The molecule has 2 aromatic rings. The minimum atomic E-state index is -4.65. The number of carbonyl (C=O) groups is 2. The second kappa shape index (κ2) is 8.26. The number of nitrogens with one attached hydrogen (secondary N) is 2. The van der Waals surface area contributed by atoms with Gasteiger partial charge >= 0.3 is 6.18 Å². The smallest absolute Gasteiger partial charge is 0.362 e. The van der Waals surface area contributed by atoms with Gasteiger partial charge in [0.25, 0.3) is 5.91 Å². The van der Waals surface area contributed by atoms with Crippen LogP contribution in [0, 0.1) is 5.82 Å². The number of anilines is 1. The Labute approximate surface area is 182 Å². The Morgan fingerprint density at radius 3 is 2.44 bits per heavy atom. The summed E-state index contributed by atoms with van der Waals surface area (Å²) < 4.78 is 53.8. The van der Waals surface area contributed by atoms with Crippen molar-refractivity contribution in [1.82, 2.24) is 5.32 Å². The first-order valence-electron chi connectivity index (χ1n) is 10.1. The highest BCUT2D eigenvalue weighted by molar-refractivity contribution is 6.10.